The van der Waals surface area contributed by atoms with Crippen LogP contribution in [0.15, 0.2) is 12.3 Å². The third kappa shape index (κ3) is 1.67. The normalized spacial score (nSPS) is 11.0. The van der Waals surface area contributed by atoms with Crippen molar-refractivity contribution < 1.29 is 4.39 Å². The van der Waals surface area contributed by atoms with Gasteiger partial charge in [-0.1, -0.05) is 0 Å². The van der Waals surface area contributed by atoms with Gasteiger partial charge in [-0.2, -0.15) is 5.26 Å². The van der Waals surface area contributed by atoms with Crippen LogP contribution in [-0.2, 0) is 5.41 Å². The molecule has 0 aliphatic rings. The van der Waals surface area contributed by atoms with Gasteiger partial charge in [-0.15, -0.1) is 0 Å². The lowest BCUT2D eigenvalue weighted by molar-refractivity contribution is 0.539. The number of aryl methyl sites for hydroxylation is 1. The van der Waals surface area contributed by atoms with Crippen molar-refractivity contribution in [2.75, 3.05) is 0 Å². The van der Waals surface area contributed by atoms with Gasteiger partial charge < -0.3 is 0 Å². The van der Waals surface area contributed by atoms with E-state index in [0.29, 0.717) is 5.56 Å². The summed E-state index contributed by atoms with van der Waals surface area (Å²) in [5.41, 5.74) is -0.126. The first-order chi connectivity index (χ1) is 5.99. The predicted octanol–water partition coefficient (Wildman–Crippen LogP) is 2.33. The zero-order valence-electron chi connectivity index (χ0n) is 7.93. The summed E-state index contributed by atoms with van der Waals surface area (Å²) in [5, 5.41) is 8.81. The highest BCUT2D eigenvalue weighted by Gasteiger charge is 2.25. The van der Waals surface area contributed by atoms with Gasteiger partial charge in [0.2, 0.25) is 0 Å². The summed E-state index contributed by atoms with van der Waals surface area (Å²) in [7, 11) is 0. The molecule has 1 aromatic heterocycles. The minimum absolute atomic E-state index is 0.218. The van der Waals surface area contributed by atoms with Crippen molar-refractivity contribution in [3.05, 3.63) is 29.3 Å². The van der Waals surface area contributed by atoms with Crippen molar-refractivity contribution in [2.45, 2.75) is 26.2 Å². The van der Waals surface area contributed by atoms with Crippen LogP contribution in [-0.4, -0.2) is 4.98 Å². The van der Waals surface area contributed by atoms with E-state index >= 15 is 0 Å². The highest BCUT2D eigenvalue weighted by Crippen LogP contribution is 2.23. The van der Waals surface area contributed by atoms with Crippen LogP contribution in [0.1, 0.15) is 25.1 Å². The van der Waals surface area contributed by atoms with Crippen LogP contribution in [0.3, 0.4) is 0 Å². The fourth-order valence-corrected chi connectivity index (χ4v) is 1.03. The molecule has 0 aliphatic heterocycles. The Morgan fingerprint density at radius 1 is 1.54 bits per heavy atom. The molecule has 0 aliphatic carbocycles. The van der Waals surface area contributed by atoms with Gasteiger partial charge in [-0.25, -0.2) is 4.39 Å². The van der Waals surface area contributed by atoms with Crippen molar-refractivity contribution in [1.82, 2.24) is 4.98 Å². The fourth-order valence-electron chi connectivity index (χ4n) is 1.03. The van der Waals surface area contributed by atoms with E-state index in [-0.39, 0.29) is 11.5 Å². The molecule has 0 saturated heterocycles. The average Bonchev–Trinajstić information content (AvgIpc) is 2.09. The number of nitriles is 1. The van der Waals surface area contributed by atoms with Crippen molar-refractivity contribution in [1.29, 1.82) is 5.26 Å². The number of nitrogens with zero attached hydrogens (tertiary/aromatic N) is 2. The van der Waals surface area contributed by atoms with Crippen LogP contribution in [0.25, 0.3) is 0 Å². The smallest absolute Gasteiger partial charge is 0.149 e. The Hall–Kier alpha value is -1.43. The van der Waals surface area contributed by atoms with E-state index in [2.05, 4.69) is 4.98 Å². The quantitative estimate of drug-likeness (QED) is 0.661. The lowest BCUT2D eigenvalue weighted by atomic mass is 9.89. The van der Waals surface area contributed by atoms with Crippen LogP contribution in [0, 0.1) is 24.1 Å². The molecule has 0 N–H and O–H groups in total. The van der Waals surface area contributed by atoms with Crippen LogP contribution in [0.5, 0.6) is 0 Å². The van der Waals surface area contributed by atoms with E-state index in [1.807, 2.05) is 6.07 Å². The highest BCUT2D eigenvalue weighted by molar-refractivity contribution is 5.28. The van der Waals surface area contributed by atoms with Gasteiger partial charge in [0.1, 0.15) is 5.82 Å². The molecule has 0 spiro atoms. The fraction of sp³-hybridized carbons (Fsp3) is 0.400. The molecular formula is C10H11FN2. The monoisotopic (exact) mass is 178 g/mol. The van der Waals surface area contributed by atoms with Gasteiger partial charge in [-0.05, 0) is 32.4 Å². The third-order valence-corrected chi connectivity index (χ3v) is 1.95. The number of halogens is 1. The maximum absolute atomic E-state index is 13.5. The Balaban J connectivity index is 3.33. The summed E-state index contributed by atoms with van der Waals surface area (Å²) in [5.74, 6) is -0.381. The van der Waals surface area contributed by atoms with E-state index in [0.717, 1.165) is 0 Å². The molecule has 3 heteroatoms. The molecule has 0 fully saturated rings. The van der Waals surface area contributed by atoms with Crippen LogP contribution < -0.4 is 0 Å². The lowest BCUT2D eigenvalue weighted by Crippen LogP contribution is -2.18. The van der Waals surface area contributed by atoms with Gasteiger partial charge in [-0.3, -0.25) is 4.98 Å². The van der Waals surface area contributed by atoms with Gasteiger partial charge in [0.15, 0.2) is 0 Å². The Bertz CT molecular complexity index is 364. The number of hydrogen-bond donors (Lipinski definition) is 0. The molecule has 0 atom stereocenters. The van der Waals surface area contributed by atoms with Crippen LogP contribution in [0.2, 0.25) is 0 Å². The van der Waals surface area contributed by atoms with Crippen molar-refractivity contribution in [2.24, 2.45) is 0 Å². The van der Waals surface area contributed by atoms with E-state index in [1.54, 1.807) is 26.8 Å². The molecule has 0 saturated carbocycles. The maximum Gasteiger partial charge on any atom is 0.149 e. The first-order valence-corrected chi connectivity index (χ1v) is 4.02. The summed E-state index contributed by atoms with van der Waals surface area (Å²) >= 11 is 0. The van der Waals surface area contributed by atoms with Gasteiger partial charge >= 0.3 is 0 Å². The van der Waals surface area contributed by atoms with Crippen molar-refractivity contribution in [3.63, 3.8) is 0 Å². The summed E-state index contributed by atoms with van der Waals surface area (Å²) in [6.45, 7) is 4.96. The van der Waals surface area contributed by atoms with Crippen molar-refractivity contribution >= 4 is 0 Å². The third-order valence-electron chi connectivity index (χ3n) is 1.95. The molecule has 2 nitrogen and oxygen atoms in total. The second-order valence-corrected chi connectivity index (χ2v) is 3.53. The van der Waals surface area contributed by atoms with Crippen LogP contribution >= 0.6 is 0 Å². The van der Waals surface area contributed by atoms with Gasteiger partial charge in [0, 0.05) is 6.20 Å². The number of hydrogen-bond acceptors (Lipinski definition) is 2. The van der Waals surface area contributed by atoms with Crippen LogP contribution in [0.4, 0.5) is 4.39 Å². The second kappa shape index (κ2) is 3.14. The number of rotatable bonds is 1. The zero-order valence-corrected chi connectivity index (χ0v) is 7.93. The first kappa shape index (κ1) is 9.66. The first-order valence-electron chi connectivity index (χ1n) is 4.02. The molecule has 0 amide bonds. The second-order valence-electron chi connectivity index (χ2n) is 3.53. The molecule has 1 aromatic rings. The summed E-state index contributed by atoms with van der Waals surface area (Å²) in [6, 6.07) is 3.61. The molecule has 0 unspecified atom stereocenters. The zero-order chi connectivity index (χ0) is 10.1. The summed E-state index contributed by atoms with van der Waals surface area (Å²) < 4.78 is 13.5. The maximum atomic E-state index is 13.5. The Labute approximate surface area is 77.0 Å². The molecule has 0 bridgehead atoms. The SMILES string of the molecule is Cc1ccnc(C(C)(C)C#N)c1F. The standard InChI is InChI=1S/C10H11FN2/c1-7-4-5-13-9(8(7)11)10(2,3)6-12/h4-5H,1-3H3. The molecule has 0 radical (unpaired) electrons. The average molecular weight is 178 g/mol. The van der Waals surface area contributed by atoms with Crippen molar-refractivity contribution in [3.8, 4) is 6.07 Å². The van der Waals surface area contributed by atoms with Gasteiger partial charge in [0.25, 0.3) is 0 Å². The van der Waals surface area contributed by atoms with E-state index in [9.17, 15) is 4.39 Å². The largest absolute Gasteiger partial charge is 0.257 e. The summed E-state index contributed by atoms with van der Waals surface area (Å²) in [6.07, 6.45) is 1.52. The molecular weight excluding hydrogens is 167 g/mol. The molecule has 68 valence electrons. The number of pyridine rings is 1. The highest BCUT2D eigenvalue weighted by atomic mass is 19.1. The minimum Gasteiger partial charge on any atom is -0.257 e. The van der Waals surface area contributed by atoms with E-state index < -0.39 is 5.41 Å². The Morgan fingerprint density at radius 2 is 2.15 bits per heavy atom. The Morgan fingerprint density at radius 3 is 2.69 bits per heavy atom. The van der Waals surface area contributed by atoms with Gasteiger partial charge in [0.05, 0.1) is 17.2 Å². The molecule has 13 heavy (non-hydrogen) atoms. The van der Waals surface area contributed by atoms with E-state index in [1.165, 1.54) is 6.20 Å². The lowest BCUT2D eigenvalue weighted by Gasteiger charge is -2.15. The summed E-state index contributed by atoms with van der Waals surface area (Å²) in [4.78, 5) is 3.88. The number of aromatic nitrogens is 1. The Kier molecular flexibility index (Phi) is 2.33. The van der Waals surface area contributed by atoms with E-state index in [4.69, 9.17) is 5.26 Å². The topological polar surface area (TPSA) is 36.7 Å². The molecule has 1 rings (SSSR count). The molecule has 0 aromatic carbocycles. The molecule has 1 heterocycles. The predicted molar refractivity (Wildman–Crippen MR) is 47.6 cm³/mol. The minimum atomic E-state index is -0.865.